The molecule has 2 N–H and O–H groups in total. The van der Waals surface area contributed by atoms with Gasteiger partial charge >= 0.3 is 5.97 Å². The van der Waals surface area contributed by atoms with E-state index in [9.17, 15) is 19.5 Å². The van der Waals surface area contributed by atoms with Crippen LogP contribution in [0.2, 0.25) is 5.02 Å². The topological polar surface area (TPSA) is 95.9 Å². The molecule has 2 amide bonds. The number of halogens is 1. The van der Waals surface area contributed by atoms with Crippen LogP contribution in [-0.2, 0) is 19.1 Å². The molecule has 7 nitrogen and oxygen atoms in total. The Morgan fingerprint density at radius 2 is 1.88 bits per heavy atom. The number of esters is 1. The number of fused-ring (bicyclic) bond motifs is 1. The van der Waals surface area contributed by atoms with E-state index >= 15 is 0 Å². The molecule has 0 spiro atoms. The average Bonchev–Trinajstić information content (AvgIpc) is 3.07. The third-order valence-corrected chi connectivity index (χ3v) is 6.73. The van der Waals surface area contributed by atoms with Gasteiger partial charge in [-0.2, -0.15) is 0 Å². The van der Waals surface area contributed by atoms with E-state index in [4.69, 9.17) is 16.3 Å². The van der Waals surface area contributed by atoms with Gasteiger partial charge in [-0.1, -0.05) is 37.1 Å². The van der Waals surface area contributed by atoms with Crippen molar-refractivity contribution in [3.05, 3.63) is 41.4 Å². The second-order valence-corrected chi connectivity index (χ2v) is 9.06. The number of nitrogens with zero attached hydrogens (tertiary/aromatic N) is 1. The normalized spacial score (nSPS) is 26.2. The molecule has 33 heavy (non-hydrogen) atoms. The van der Waals surface area contributed by atoms with Gasteiger partial charge in [0.2, 0.25) is 11.8 Å². The smallest absolute Gasteiger partial charge is 0.310 e. The van der Waals surface area contributed by atoms with Gasteiger partial charge in [0.15, 0.2) is 0 Å². The van der Waals surface area contributed by atoms with Gasteiger partial charge in [-0.25, -0.2) is 0 Å². The molecule has 3 rings (SSSR count). The van der Waals surface area contributed by atoms with Crippen LogP contribution in [0.5, 0.6) is 0 Å². The molecule has 0 unspecified atom stereocenters. The third kappa shape index (κ3) is 5.58. The van der Waals surface area contributed by atoms with Crippen LogP contribution in [0.4, 0.5) is 5.69 Å². The molecule has 0 radical (unpaired) electrons. The minimum atomic E-state index is -0.743. The maximum atomic E-state index is 13.6. The maximum absolute atomic E-state index is 13.6. The molecule has 1 aliphatic carbocycles. The van der Waals surface area contributed by atoms with Crippen molar-refractivity contribution >= 4 is 35.1 Å². The largest absolute Gasteiger partial charge is 0.466 e. The number of nitrogens with one attached hydrogen (secondary N) is 1. The lowest BCUT2D eigenvalue weighted by Crippen LogP contribution is -2.44. The van der Waals surface area contributed by atoms with E-state index in [2.05, 4.69) is 5.32 Å². The first-order valence-corrected chi connectivity index (χ1v) is 12.1. The molecular formula is C25H33ClN2O5. The number of aliphatic hydroxyl groups excluding tert-OH is 1. The molecule has 0 saturated carbocycles. The summed E-state index contributed by atoms with van der Waals surface area (Å²) in [6, 6.07) is 6.05. The van der Waals surface area contributed by atoms with Crippen molar-refractivity contribution in [2.45, 2.75) is 45.6 Å². The summed E-state index contributed by atoms with van der Waals surface area (Å²) >= 11 is 5.95. The first kappa shape index (κ1) is 25.2. The molecule has 1 aromatic carbocycles. The summed E-state index contributed by atoms with van der Waals surface area (Å²) in [5, 5.41) is 12.7. The molecule has 1 fully saturated rings. The number of amides is 2. The van der Waals surface area contributed by atoms with Crippen LogP contribution >= 0.6 is 11.6 Å². The minimum Gasteiger partial charge on any atom is -0.466 e. The Hall–Kier alpha value is -2.38. The van der Waals surface area contributed by atoms with Crippen molar-refractivity contribution < 1.29 is 24.2 Å². The van der Waals surface area contributed by atoms with Crippen LogP contribution in [0, 0.1) is 23.7 Å². The van der Waals surface area contributed by atoms with E-state index in [0.717, 1.165) is 12.8 Å². The lowest BCUT2D eigenvalue weighted by atomic mass is 9.69. The summed E-state index contributed by atoms with van der Waals surface area (Å²) < 4.78 is 5.36. The van der Waals surface area contributed by atoms with Crippen LogP contribution < -0.4 is 5.32 Å². The van der Waals surface area contributed by atoms with Crippen LogP contribution in [0.3, 0.4) is 0 Å². The summed E-state index contributed by atoms with van der Waals surface area (Å²) in [4.78, 5) is 41.6. The molecule has 180 valence electrons. The molecule has 8 heteroatoms. The second-order valence-electron chi connectivity index (χ2n) is 8.62. The molecule has 1 heterocycles. The van der Waals surface area contributed by atoms with Gasteiger partial charge in [0.1, 0.15) is 6.04 Å². The zero-order valence-electron chi connectivity index (χ0n) is 19.2. The fraction of sp³-hybridized carbons (Fsp3) is 0.560. The van der Waals surface area contributed by atoms with Gasteiger partial charge < -0.3 is 20.1 Å². The summed E-state index contributed by atoms with van der Waals surface area (Å²) in [6.07, 6.45) is 6.66. The summed E-state index contributed by atoms with van der Waals surface area (Å²) in [6.45, 7) is 4.39. The number of carbonyl (C=O) groups excluding carboxylic acids is 3. The highest BCUT2D eigenvalue weighted by atomic mass is 35.5. The SMILES string of the molecule is CCC[C@@H]1C=C[C@H]2[C@@H](C(=O)N(CCCCO)[C@@H]2C(=O)Nc2ccc(Cl)cc2)[C@@H]1C(=O)OCC. The number of unbranched alkanes of at least 4 members (excludes halogenated alkanes) is 1. The predicted molar refractivity (Wildman–Crippen MR) is 127 cm³/mol. The molecule has 2 aliphatic rings. The molecule has 1 saturated heterocycles. The highest BCUT2D eigenvalue weighted by molar-refractivity contribution is 6.30. The van der Waals surface area contributed by atoms with E-state index < -0.39 is 23.8 Å². The summed E-state index contributed by atoms with van der Waals surface area (Å²) in [5.74, 6) is -2.65. The lowest BCUT2D eigenvalue weighted by Gasteiger charge is -2.33. The number of hydrogen-bond donors (Lipinski definition) is 2. The van der Waals surface area contributed by atoms with E-state index in [1.165, 1.54) is 0 Å². The quantitative estimate of drug-likeness (QED) is 0.305. The van der Waals surface area contributed by atoms with E-state index in [1.807, 2.05) is 19.1 Å². The molecule has 5 atom stereocenters. The average molecular weight is 477 g/mol. The van der Waals surface area contributed by atoms with Crippen molar-refractivity contribution in [1.82, 2.24) is 4.90 Å². The van der Waals surface area contributed by atoms with Crippen LogP contribution in [-0.4, -0.2) is 53.6 Å². The van der Waals surface area contributed by atoms with Crippen molar-refractivity contribution in [3.8, 4) is 0 Å². The zero-order chi connectivity index (χ0) is 24.0. The number of carbonyl (C=O) groups is 3. The molecular weight excluding hydrogens is 444 g/mol. The Morgan fingerprint density at radius 3 is 2.52 bits per heavy atom. The first-order valence-electron chi connectivity index (χ1n) is 11.8. The summed E-state index contributed by atoms with van der Waals surface area (Å²) in [5.41, 5.74) is 0.584. The molecule has 0 aromatic heterocycles. The number of benzene rings is 1. The van der Waals surface area contributed by atoms with Crippen LogP contribution in [0.25, 0.3) is 0 Å². The Morgan fingerprint density at radius 1 is 1.15 bits per heavy atom. The van der Waals surface area contributed by atoms with Gasteiger partial charge in [-0.05, 0) is 56.4 Å². The van der Waals surface area contributed by atoms with Crippen LogP contribution in [0.1, 0.15) is 39.5 Å². The van der Waals surface area contributed by atoms with Crippen molar-refractivity contribution in [1.29, 1.82) is 0 Å². The second kappa shape index (κ2) is 11.7. The van der Waals surface area contributed by atoms with Gasteiger partial charge in [0.05, 0.1) is 18.4 Å². The number of allylic oxidation sites excluding steroid dienone is 1. The predicted octanol–water partition coefficient (Wildman–Crippen LogP) is 3.66. The highest BCUT2D eigenvalue weighted by Crippen LogP contribution is 2.45. The maximum Gasteiger partial charge on any atom is 0.310 e. The Balaban J connectivity index is 1.94. The van der Waals surface area contributed by atoms with Gasteiger partial charge in [-0.3, -0.25) is 14.4 Å². The van der Waals surface area contributed by atoms with E-state index in [0.29, 0.717) is 30.1 Å². The molecule has 1 aliphatic heterocycles. The highest BCUT2D eigenvalue weighted by Gasteiger charge is 2.57. The molecule has 1 aromatic rings. The Kier molecular flexibility index (Phi) is 8.92. The van der Waals surface area contributed by atoms with Crippen molar-refractivity contribution in [3.63, 3.8) is 0 Å². The lowest BCUT2D eigenvalue weighted by molar-refractivity contribution is -0.155. The number of ether oxygens (including phenoxy) is 1. The van der Waals surface area contributed by atoms with E-state index in [1.54, 1.807) is 36.1 Å². The third-order valence-electron chi connectivity index (χ3n) is 6.48. The first-order chi connectivity index (χ1) is 15.9. The number of aliphatic hydroxyl groups is 1. The van der Waals surface area contributed by atoms with E-state index in [-0.39, 0.29) is 36.9 Å². The Bertz CT molecular complexity index is 872. The monoisotopic (exact) mass is 476 g/mol. The van der Waals surface area contributed by atoms with Gasteiger partial charge in [0.25, 0.3) is 0 Å². The van der Waals surface area contributed by atoms with Crippen LogP contribution in [0.15, 0.2) is 36.4 Å². The fourth-order valence-corrected chi connectivity index (χ4v) is 5.18. The number of rotatable bonds is 10. The van der Waals surface area contributed by atoms with Gasteiger partial charge in [0, 0.05) is 29.8 Å². The fourth-order valence-electron chi connectivity index (χ4n) is 5.05. The Labute approximate surface area is 200 Å². The molecule has 0 bridgehead atoms. The summed E-state index contributed by atoms with van der Waals surface area (Å²) in [7, 11) is 0. The van der Waals surface area contributed by atoms with Crippen molar-refractivity contribution in [2.75, 3.05) is 25.1 Å². The van der Waals surface area contributed by atoms with Gasteiger partial charge in [-0.15, -0.1) is 0 Å². The standard InChI is InChI=1S/C25H33ClN2O5/c1-3-7-16-8-13-19-21(20(16)25(32)33-4-2)24(31)28(14-5-6-15-29)22(19)23(30)27-18-11-9-17(26)10-12-18/h8-13,16,19-22,29H,3-7,14-15H2,1-2H3,(H,27,30)/t16-,19+,20-,21-,22+/m1/s1. The zero-order valence-corrected chi connectivity index (χ0v) is 20.0. The number of likely N-dealkylation sites (tertiary alicyclic amines) is 1. The number of anilines is 1. The number of hydrogen-bond acceptors (Lipinski definition) is 5. The van der Waals surface area contributed by atoms with Crippen molar-refractivity contribution in [2.24, 2.45) is 23.7 Å². The minimum absolute atomic E-state index is 0.0143.